The number of hydrogen-bond donors (Lipinski definition) is 2. The topological polar surface area (TPSA) is 41.5 Å². The Morgan fingerprint density at radius 1 is 1.47 bits per heavy atom. The molecule has 0 fully saturated rings. The molecule has 0 saturated carbocycles. The summed E-state index contributed by atoms with van der Waals surface area (Å²) in [6.45, 7) is 3.60. The Hall–Kier alpha value is -0.770. The van der Waals surface area contributed by atoms with Crippen LogP contribution in [0.2, 0.25) is 5.02 Å². The molecule has 0 amide bonds. The van der Waals surface area contributed by atoms with E-state index in [9.17, 15) is 5.11 Å². The molecular formula is C11H16ClNO2. The first-order chi connectivity index (χ1) is 7.24. The lowest BCUT2D eigenvalue weighted by atomic mass is 10.3. The van der Waals surface area contributed by atoms with E-state index in [0.29, 0.717) is 17.3 Å². The van der Waals surface area contributed by atoms with Crippen molar-refractivity contribution in [3.63, 3.8) is 0 Å². The first-order valence-corrected chi connectivity index (χ1v) is 5.38. The van der Waals surface area contributed by atoms with Crippen LogP contribution < -0.4 is 10.1 Å². The second-order valence-electron chi connectivity index (χ2n) is 3.20. The van der Waals surface area contributed by atoms with Crippen LogP contribution in [0.4, 0.5) is 0 Å². The fraction of sp³-hybridized carbons (Fsp3) is 0.455. The summed E-state index contributed by atoms with van der Waals surface area (Å²) < 4.78 is 5.37. The lowest BCUT2D eigenvalue weighted by molar-refractivity contribution is 0.107. The molecule has 0 spiro atoms. The third kappa shape index (κ3) is 4.51. The number of para-hydroxylation sites is 1. The van der Waals surface area contributed by atoms with E-state index < -0.39 is 6.10 Å². The Kier molecular flexibility index (Phi) is 5.47. The van der Waals surface area contributed by atoms with Crippen LogP contribution >= 0.6 is 11.6 Å². The molecule has 4 heteroatoms. The SMILES string of the molecule is CCNCC(O)COc1ccccc1Cl. The fourth-order valence-electron chi connectivity index (χ4n) is 1.12. The summed E-state index contributed by atoms with van der Waals surface area (Å²) in [7, 11) is 0. The molecule has 3 nitrogen and oxygen atoms in total. The molecule has 0 heterocycles. The van der Waals surface area contributed by atoms with Crippen LogP contribution in [-0.4, -0.2) is 30.9 Å². The van der Waals surface area contributed by atoms with E-state index in [1.54, 1.807) is 12.1 Å². The molecule has 1 unspecified atom stereocenters. The molecule has 0 aromatic heterocycles. The van der Waals surface area contributed by atoms with Crippen LogP contribution in [0, 0.1) is 0 Å². The molecule has 1 aromatic carbocycles. The van der Waals surface area contributed by atoms with Gasteiger partial charge in [-0.25, -0.2) is 0 Å². The number of ether oxygens (including phenoxy) is 1. The third-order valence-electron chi connectivity index (χ3n) is 1.90. The molecule has 0 saturated heterocycles. The monoisotopic (exact) mass is 229 g/mol. The van der Waals surface area contributed by atoms with Crippen LogP contribution in [0.1, 0.15) is 6.92 Å². The lowest BCUT2D eigenvalue weighted by Gasteiger charge is -2.13. The molecule has 1 rings (SSSR count). The van der Waals surface area contributed by atoms with Crippen LogP contribution in [-0.2, 0) is 0 Å². The number of nitrogens with one attached hydrogen (secondary N) is 1. The minimum absolute atomic E-state index is 0.247. The molecule has 0 radical (unpaired) electrons. The number of halogens is 1. The van der Waals surface area contributed by atoms with Crippen LogP contribution in [0.3, 0.4) is 0 Å². The van der Waals surface area contributed by atoms with Gasteiger partial charge in [-0.15, -0.1) is 0 Å². The largest absolute Gasteiger partial charge is 0.489 e. The van der Waals surface area contributed by atoms with E-state index in [-0.39, 0.29) is 6.61 Å². The minimum atomic E-state index is -0.513. The fourth-order valence-corrected chi connectivity index (χ4v) is 1.31. The predicted molar refractivity (Wildman–Crippen MR) is 61.5 cm³/mol. The standard InChI is InChI=1S/C11H16ClNO2/c1-2-13-7-9(14)8-15-11-6-4-3-5-10(11)12/h3-6,9,13-14H,2,7-8H2,1H3. The zero-order valence-electron chi connectivity index (χ0n) is 8.74. The zero-order chi connectivity index (χ0) is 11.1. The summed E-state index contributed by atoms with van der Waals surface area (Å²) in [6, 6.07) is 7.22. The normalized spacial score (nSPS) is 12.5. The first-order valence-electron chi connectivity index (χ1n) is 5.00. The lowest BCUT2D eigenvalue weighted by Crippen LogP contribution is -2.31. The highest BCUT2D eigenvalue weighted by atomic mass is 35.5. The van der Waals surface area contributed by atoms with Crippen molar-refractivity contribution in [3.05, 3.63) is 29.3 Å². The van der Waals surface area contributed by atoms with E-state index in [4.69, 9.17) is 16.3 Å². The van der Waals surface area contributed by atoms with Crippen LogP contribution in [0.5, 0.6) is 5.75 Å². The summed E-state index contributed by atoms with van der Waals surface area (Å²) >= 11 is 5.89. The molecule has 84 valence electrons. The smallest absolute Gasteiger partial charge is 0.138 e. The summed E-state index contributed by atoms with van der Waals surface area (Å²) in [4.78, 5) is 0. The number of aliphatic hydroxyl groups excluding tert-OH is 1. The average Bonchev–Trinajstić information content (AvgIpc) is 2.25. The first kappa shape index (κ1) is 12.3. The van der Waals surface area contributed by atoms with E-state index in [1.807, 2.05) is 19.1 Å². The van der Waals surface area contributed by atoms with E-state index in [1.165, 1.54) is 0 Å². The summed E-state index contributed by atoms with van der Waals surface area (Å²) in [5.41, 5.74) is 0. The maximum atomic E-state index is 9.50. The molecule has 1 aromatic rings. The van der Waals surface area contributed by atoms with Crippen molar-refractivity contribution in [1.29, 1.82) is 0 Å². The molecule has 0 bridgehead atoms. The maximum absolute atomic E-state index is 9.50. The van der Waals surface area contributed by atoms with Gasteiger partial charge >= 0.3 is 0 Å². The van der Waals surface area contributed by atoms with Crippen LogP contribution in [0.15, 0.2) is 24.3 Å². The summed E-state index contributed by atoms with van der Waals surface area (Å²) in [6.07, 6.45) is -0.513. The van der Waals surface area contributed by atoms with E-state index in [0.717, 1.165) is 6.54 Å². The van der Waals surface area contributed by atoms with Crippen molar-refractivity contribution >= 4 is 11.6 Å². The van der Waals surface area contributed by atoms with E-state index in [2.05, 4.69) is 5.32 Å². The highest BCUT2D eigenvalue weighted by Gasteiger charge is 2.05. The van der Waals surface area contributed by atoms with E-state index >= 15 is 0 Å². The highest BCUT2D eigenvalue weighted by molar-refractivity contribution is 6.32. The van der Waals surface area contributed by atoms with Gasteiger partial charge in [-0.1, -0.05) is 30.7 Å². The highest BCUT2D eigenvalue weighted by Crippen LogP contribution is 2.22. The molecule has 0 aliphatic rings. The van der Waals surface area contributed by atoms with Gasteiger partial charge in [-0.3, -0.25) is 0 Å². The zero-order valence-corrected chi connectivity index (χ0v) is 9.50. The maximum Gasteiger partial charge on any atom is 0.138 e. The quantitative estimate of drug-likeness (QED) is 0.780. The van der Waals surface area contributed by atoms with Gasteiger partial charge in [0.1, 0.15) is 18.5 Å². The number of benzene rings is 1. The number of hydrogen-bond acceptors (Lipinski definition) is 3. The second kappa shape index (κ2) is 6.67. The molecule has 1 atom stereocenters. The molecule has 0 aliphatic carbocycles. The molecule has 0 aliphatic heterocycles. The number of aliphatic hydroxyl groups is 1. The van der Waals surface area contributed by atoms with Gasteiger partial charge in [0, 0.05) is 6.54 Å². The summed E-state index contributed by atoms with van der Waals surface area (Å²) in [5.74, 6) is 0.606. The van der Waals surface area contributed by atoms with Crippen molar-refractivity contribution in [1.82, 2.24) is 5.32 Å². The second-order valence-corrected chi connectivity index (χ2v) is 3.61. The molecule has 15 heavy (non-hydrogen) atoms. The van der Waals surface area contributed by atoms with Gasteiger partial charge in [0.15, 0.2) is 0 Å². The van der Waals surface area contributed by atoms with Crippen molar-refractivity contribution < 1.29 is 9.84 Å². The van der Waals surface area contributed by atoms with Crippen molar-refractivity contribution in [2.24, 2.45) is 0 Å². The third-order valence-corrected chi connectivity index (χ3v) is 2.21. The molecule has 2 N–H and O–H groups in total. The Morgan fingerprint density at radius 3 is 2.87 bits per heavy atom. The number of rotatable bonds is 6. The van der Waals surface area contributed by atoms with Crippen molar-refractivity contribution in [3.8, 4) is 5.75 Å². The van der Waals surface area contributed by atoms with Crippen molar-refractivity contribution in [2.45, 2.75) is 13.0 Å². The van der Waals surface area contributed by atoms with Gasteiger partial charge in [-0.2, -0.15) is 0 Å². The summed E-state index contributed by atoms with van der Waals surface area (Å²) in [5, 5.41) is 13.1. The van der Waals surface area contributed by atoms with Gasteiger partial charge in [0.05, 0.1) is 5.02 Å². The number of likely N-dealkylation sites (N-methyl/N-ethyl adjacent to an activating group) is 1. The Labute approximate surface area is 95.0 Å². The average molecular weight is 230 g/mol. The van der Waals surface area contributed by atoms with Gasteiger partial charge in [-0.05, 0) is 18.7 Å². The van der Waals surface area contributed by atoms with Crippen LogP contribution in [0.25, 0.3) is 0 Å². The Balaban J connectivity index is 2.33. The minimum Gasteiger partial charge on any atom is -0.489 e. The van der Waals surface area contributed by atoms with Crippen molar-refractivity contribution in [2.75, 3.05) is 19.7 Å². The van der Waals surface area contributed by atoms with Gasteiger partial charge in [0.25, 0.3) is 0 Å². The van der Waals surface area contributed by atoms with Gasteiger partial charge in [0.2, 0.25) is 0 Å². The predicted octanol–water partition coefficient (Wildman–Crippen LogP) is 1.69. The Bertz CT molecular complexity index is 294. The molecular weight excluding hydrogens is 214 g/mol. The van der Waals surface area contributed by atoms with Gasteiger partial charge < -0.3 is 15.2 Å². The Morgan fingerprint density at radius 2 is 2.20 bits per heavy atom.